The molecule has 4 heteroatoms. The van der Waals surface area contributed by atoms with Crippen molar-refractivity contribution in [3.05, 3.63) is 41.7 Å². The topological polar surface area (TPSA) is 44.1 Å². The summed E-state index contributed by atoms with van der Waals surface area (Å²) in [6.45, 7) is 6.11. The van der Waals surface area contributed by atoms with Gasteiger partial charge in [0.05, 0.1) is 18.4 Å². The monoisotopic (exact) mass is 258 g/mol. The van der Waals surface area contributed by atoms with Crippen LogP contribution in [-0.2, 0) is 5.41 Å². The van der Waals surface area contributed by atoms with Gasteiger partial charge < -0.3 is 4.74 Å². The van der Waals surface area contributed by atoms with Gasteiger partial charge in [0.1, 0.15) is 11.4 Å². The molecule has 0 radical (unpaired) electrons. The van der Waals surface area contributed by atoms with E-state index in [-0.39, 0.29) is 5.41 Å². The zero-order valence-electron chi connectivity index (χ0n) is 11.7. The van der Waals surface area contributed by atoms with E-state index in [9.17, 15) is 4.79 Å². The molecule has 1 heterocycles. The number of methoxy groups -OCH3 is 1. The second kappa shape index (κ2) is 4.88. The zero-order chi connectivity index (χ0) is 14.0. The number of benzene rings is 1. The minimum Gasteiger partial charge on any atom is -0.494 e. The molecular formula is C15H18N2O2. The number of rotatable bonds is 3. The molecule has 1 aromatic carbocycles. The quantitative estimate of drug-likeness (QED) is 0.795. The fraction of sp³-hybridized carbons (Fsp3) is 0.333. The summed E-state index contributed by atoms with van der Waals surface area (Å²) < 4.78 is 7.02. The normalized spacial score (nSPS) is 11.4. The van der Waals surface area contributed by atoms with E-state index in [1.165, 1.54) is 0 Å². The van der Waals surface area contributed by atoms with Gasteiger partial charge in [-0.1, -0.05) is 32.9 Å². The smallest absolute Gasteiger partial charge is 0.153 e. The Kier molecular flexibility index (Phi) is 3.42. The van der Waals surface area contributed by atoms with E-state index in [1.807, 2.05) is 45.0 Å². The van der Waals surface area contributed by atoms with Crippen LogP contribution in [0.2, 0.25) is 0 Å². The minimum absolute atomic E-state index is 0.177. The largest absolute Gasteiger partial charge is 0.494 e. The number of para-hydroxylation sites is 2. The first-order valence-electron chi connectivity index (χ1n) is 6.16. The van der Waals surface area contributed by atoms with Crippen molar-refractivity contribution in [3.63, 3.8) is 0 Å². The molecule has 0 aliphatic heterocycles. The molecule has 19 heavy (non-hydrogen) atoms. The molecule has 0 N–H and O–H groups in total. The van der Waals surface area contributed by atoms with Gasteiger partial charge in [-0.15, -0.1) is 0 Å². The third-order valence-corrected chi connectivity index (χ3v) is 2.91. The van der Waals surface area contributed by atoms with Gasteiger partial charge in [0.2, 0.25) is 0 Å². The third-order valence-electron chi connectivity index (χ3n) is 2.91. The molecule has 0 fully saturated rings. The summed E-state index contributed by atoms with van der Waals surface area (Å²) in [7, 11) is 1.62. The highest BCUT2D eigenvalue weighted by Crippen LogP contribution is 2.27. The van der Waals surface area contributed by atoms with E-state index >= 15 is 0 Å². The van der Waals surface area contributed by atoms with Crippen molar-refractivity contribution in [1.82, 2.24) is 9.78 Å². The lowest BCUT2D eigenvalue weighted by molar-refractivity contribution is 0.112. The third kappa shape index (κ3) is 2.52. The number of carbonyl (C=O) groups excluding carboxylic acids is 1. The van der Waals surface area contributed by atoms with Crippen LogP contribution in [0.1, 0.15) is 36.8 Å². The van der Waals surface area contributed by atoms with Crippen molar-refractivity contribution in [2.75, 3.05) is 7.11 Å². The van der Waals surface area contributed by atoms with Gasteiger partial charge in [0, 0.05) is 11.6 Å². The van der Waals surface area contributed by atoms with Gasteiger partial charge in [-0.2, -0.15) is 5.10 Å². The van der Waals surface area contributed by atoms with E-state index in [2.05, 4.69) is 5.10 Å². The lowest BCUT2D eigenvalue weighted by Gasteiger charge is -2.15. The maximum Gasteiger partial charge on any atom is 0.153 e. The molecule has 0 unspecified atom stereocenters. The SMILES string of the molecule is COc1ccccc1-n1cc(C=O)c(C(C)(C)C)n1. The zero-order valence-corrected chi connectivity index (χ0v) is 11.7. The molecule has 0 atom stereocenters. The van der Waals surface area contributed by atoms with Crippen LogP contribution in [0.3, 0.4) is 0 Å². The van der Waals surface area contributed by atoms with E-state index in [1.54, 1.807) is 18.0 Å². The highest BCUT2D eigenvalue weighted by molar-refractivity contribution is 5.77. The Labute approximate surface area is 113 Å². The first-order chi connectivity index (χ1) is 8.97. The summed E-state index contributed by atoms with van der Waals surface area (Å²) in [5, 5.41) is 4.54. The van der Waals surface area contributed by atoms with Crippen molar-refractivity contribution < 1.29 is 9.53 Å². The average Bonchev–Trinajstić information content (AvgIpc) is 2.82. The van der Waals surface area contributed by atoms with Gasteiger partial charge in [-0.25, -0.2) is 4.68 Å². The number of ether oxygens (including phenoxy) is 1. The van der Waals surface area contributed by atoms with Gasteiger partial charge in [-0.3, -0.25) is 4.79 Å². The first-order valence-corrected chi connectivity index (χ1v) is 6.16. The number of hydrogen-bond acceptors (Lipinski definition) is 3. The number of aromatic nitrogens is 2. The van der Waals surface area contributed by atoms with Crippen molar-refractivity contribution in [1.29, 1.82) is 0 Å². The van der Waals surface area contributed by atoms with Crippen LogP contribution in [-0.4, -0.2) is 23.2 Å². The Balaban J connectivity index is 2.58. The molecule has 100 valence electrons. The standard InChI is InChI=1S/C15H18N2O2/c1-15(2,3)14-11(10-18)9-17(16-14)12-7-5-6-8-13(12)19-4/h5-10H,1-4H3. The lowest BCUT2D eigenvalue weighted by atomic mass is 9.90. The molecule has 1 aromatic heterocycles. The van der Waals surface area contributed by atoms with Crippen LogP contribution < -0.4 is 4.74 Å². The summed E-state index contributed by atoms with van der Waals surface area (Å²) >= 11 is 0. The Morgan fingerprint density at radius 1 is 1.26 bits per heavy atom. The Bertz CT molecular complexity index is 594. The predicted octanol–water partition coefficient (Wildman–Crippen LogP) is 2.99. The van der Waals surface area contributed by atoms with Crippen molar-refractivity contribution >= 4 is 6.29 Å². The lowest BCUT2D eigenvalue weighted by Crippen LogP contribution is -2.14. The fourth-order valence-electron chi connectivity index (χ4n) is 2.00. The summed E-state index contributed by atoms with van der Waals surface area (Å²) in [6, 6.07) is 7.59. The van der Waals surface area contributed by atoms with Crippen molar-refractivity contribution in [3.8, 4) is 11.4 Å². The van der Waals surface area contributed by atoms with E-state index in [4.69, 9.17) is 4.74 Å². The molecule has 0 amide bonds. The van der Waals surface area contributed by atoms with E-state index in [0.29, 0.717) is 5.56 Å². The molecule has 0 saturated heterocycles. The Hall–Kier alpha value is -2.10. The van der Waals surface area contributed by atoms with Gasteiger partial charge in [0.25, 0.3) is 0 Å². The summed E-state index contributed by atoms with van der Waals surface area (Å²) in [5.41, 5.74) is 2.04. The van der Waals surface area contributed by atoms with Crippen LogP contribution in [0.15, 0.2) is 30.5 Å². The second-order valence-corrected chi connectivity index (χ2v) is 5.42. The Morgan fingerprint density at radius 2 is 1.95 bits per heavy atom. The molecule has 2 aromatic rings. The molecular weight excluding hydrogens is 240 g/mol. The number of nitrogens with zero attached hydrogens (tertiary/aromatic N) is 2. The highest BCUT2D eigenvalue weighted by atomic mass is 16.5. The fourth-order valence-corrected chi connectivity index (χ4v) is 2.00. The van der Waals surface area contributed by atoms with Gasteiger partial charge in [-0.05, 0) is 12.1 Å². The highest BCUT2D eigenvalue weighted by Gasteiger charge is 2.23. The van der Waals surface area contributed by atoms with Crippen LogP contribution in [0.4, 0.5) is 0 Å². The minimum atomic E-state index is -0.177. The molecule has 0 spiro atoms. The van der Waals surface area contributed by atoms with E-state index in [0.717, 1.165) is 23.4 Å². The molecule has 2 rings (SSSR count). The summed E-state index contributed by atoms with van der Waals surface area (Å²) in [4.78, 5) is 11.2. The Morgan fingerprint density at radius 3 is 2.47 bits per heavy atom. The van der Waals surface area contributed by atoms with Crippen LogP contribution in [0, 0.1) is 0 Å². The summed E-state index contributed by atoms with van der Waals surface area (Å²) in [6.07, 6.45) is 2.59. The number of carbonyl (C=O) groups is 1. The second-order valence-electron chi connectivity index (χ2n) is 5.42. The van der Waals surface area contributed by atoms with Crippen LogP contribution in [0.25, 0.3) is 5.69 Å². The molecule has 0 aliphatic carbocycles. The summed E-state index contributed by atoms with van der Waals surface area (Å²) in [5.74, 6) is 0.725. The predicted molar refractivity (Wildman–Crippen MR) is 74.2 cm³/mol. The van der Waals surface area contributed by atoms with E-state index < -0.39 is 0 Å². The van der Waals surface area contributed by atoms with Gasteiger partial charge >= 0.3 is 0 Å². The van der Waals surface area contributed by atoms with Crippen molar-refractivity contribution in [2.45, 2.75) is 26.2 Å². The van der Waals surface area contributed by atoms with Crippen LogP contribution >= 0.6 is 0 Å². The maximum absolute atomic E-state index is 11.2. The molecule has 0 aliphatic rings. The number of hydrogen-bond donors (Lipinski definition) is 0. The van der Waals surface area contributed by atoms with Crippen LogP contribution in [0.5, 0.6) is 5.75 Å². The van der Waals surface area contributed by atoms with Gasteiger partial charge in [0.15, 0.2) is 6.29 Å². The first kappa shape index (κ1) is 13.3. The number of aldehydes is 1. The molecule has 0 saturated carbocycles. The van der Waals surface area contributed by atoms with Crippen molar-refractivity contribution in [2.24, 2.45) is 0 Å². The average molecular weight is 258 g/mol. The molecule has 0 bridgehead atoms. The molecule has 4 nitrogen and oxygen atoms in total. The maximum atomic E-state index is 11.2.